The van der Waals surface area contributed by atoms with Crippen molar-refractivity contribution in [1.82, 2.24) is 0 Å². The molecule has 1 rings (SSSR count). The summed E-state index contributed by atoms with van der Waals surface area (Å²) in [4.78, 5) is 0. The number of hydrogen-bond acceptors (Lipinski definition) is 2. The van der Waals surface area contributed by atoms with E-state index in [0.717, 1.165) is 5.76 Å². The van der Waals surface area contributed by atoms with Gasteiger partial charge in [-0.05, 0) is 34.1 Å². The van der Waals surface area contributed by atoms with E-state index in [1.165, 1.54) is 0 Å². The molecule has 0 fully saturated rings. The van der Waals surface area contributed by atoms with Gasteiger partial charge in [0.15, 0.2) is 4.67 Å². The molecule has 54 valence electrons. The molecule has 0 radical (unpaired) electrons. The molecule has 0 saturated heterocycles. The summed E-state index contributed by atoms with van der Waals surface area (Å²) in [5, 5.41) is 8.39. The van der Waals surface area contributed by atoms with Gasteiger partial charge in [0.1, 0.15) is 5.76 Å². The molecule has 0 aromatic carbocycles. The molecule has 0 spiro atoms. The molecule has 0 bridgehead atoms. The summed E-state index contributed by atoms with van der Waals surface area (Å²) < 4.78 is 5.80. The Morgan fingerprint density at radius 2 is 2.40 bits per heavy atom. The standard InChI is InChI=1S/C7H7BrO2/c8-7-4-3-6(10-7)2-1-5-9/h1-4,9H,5H2. The van der Waals surface area contributed by atoms with Gasteiger partial charge in [-0.1, -0.05) is 6.08 Å². The van der Waals surface area contributed by atoms with Gasteiger partial charge in [-0.15, -0.1) is 0 Å². The molecular formula is C7H7BrO2. The van der Waals surface area contributed by atoms with Crippen LogP contribution in [0.25, 0.3) is 6.08 Å². The average Bonchev–Trinajstić information content (AvgIpc) is 2.31. The van der Waals surface area contributed by atoms with Gasteiger partial charge in [-0.25, -0.2) is 0 Å². The van der Waals surface area contributed by atoms with Crippen molar-refractivity contribution in [3.8, 4) is 0 Å². The highest BCUT2D eigenvalue weighted by molar-refractivity contribution is 9.10. The zero-order valence-corrected chi connectivity index (χ0v) is 6.84. The lowest BCUT2D eigenvalue weighted by molar-refractivity contribution is 0.343. The molecule has 0 atom stereocenters. The van der Waals surface area contributed by atoms with Crippen molar-refractivity contribution < 1.29 is 9.52 Å². The second kappa shape index (κ2) is 3.58. The molecule has 1 N–H and O–H groups in total. The first-order chi connectivity index (χ1) is 4.83. The van der Waals surface area contributed by atoms with Crippen LogP contribution in [0.5, 0.6) is 0 Å². The Morgan fingerprint density at radius 1 is 1.60 bits per heavy atom. The SMILES string of the molecule is OCC=Cc1ccc(Br)o1. The molecule has 0 amide bonds. The molecule has 0 aliphatic heterocycles. The third-order valence-corrected chi connectivity index (χ3v) is 1.41. The van der Waals surface area contributed by atoms with Crippen LogP contribution in [-0.2, 0) is 0 Å². The molecule has 0 aliphatic rings. The summed E-state index contributed by atoms with van der Waals surface area (Å²) in [6.07, 6.45) is 3.33. The van der Waals surface area contributed by atoms with Crippen molar-refractivity contribution in [1.29, 1.82) is 0 Å². The lowest BCUT2D eigenvalue weighted by Crippen LogP contribution is -1.69. The summed E-state index contributed by atoms with van der Waals surface area (Å²) in [6, 6.07) is 3.62. The minimum atomic E-state index is 0.0400. The zero-order chi connectivity index (χ0) is 7.40. The fourth-order valence-electron chi connectivity index (χ4n) is 0.587. The van der Waals surface area contributed by atoms with Gasteiger partial charge < -0.3 is 9.52 Å². The molecule has 0 aliphatic carbocycles. The number of rotatable bonds is 2. The predicted molar refractivity (Wildman–Crippen MR) is 42.5 cm³/mol. The van der Waals surface area contributed by atoms with Crippen LogP contribution in [0, 0.1) is 0 Å². The highest BCUT2D eigenvalue weighted by Gasteiger charge is 1.91. The van der Waals surface area contributed by atoms with Gasteiger partial charge in [-0.2, -0.15) is 0 Å². The monoisotopic (exact) mass is 202 g/mol. The Hall–Kier alpha value is -0.540. The van der Waals surface area contributed by atoms with E-state index in [-0.39, 0.29) is 6.61 Å². The first kappa shape index (κ1) is 7.57. The summed E-state index contributed by atoms with van der Waals surface area (Å²) in [7, 11) is 0. The molecule has 1 aromatic heterocycles. The second-order valence-electron chi connectivity index (χ2n) is 1.73. The molecular weight excluding hydrogens is 196 g/mol. The Labute approximate surface area is 67.3 Å². The minimum absolute atomic E-state index is 0.0400. The van der Waals surface area contributed by atoms with Gasteiger partial charge in [0.2, 0.25) is 0 Å². The van der Waals surface area contributed by atoms with E-state index < -0.39 is 0 Å². The molecule has 0 unspecified atom stereocenters. The van der Waals surface area contributed by atoms with Crippen LogP contribution < -0.4 is 0 Å². The van der Waals surface area contributed by atoms with Gasteiger partial charge in [0.05, 0.1) is 6.61 Å². The first-order valence-electron chi connectivity index (χ1n) is 2.85. The largest absolute Gasteiger partial charge is 0.450 e. The Balaban J connectivity index is 2.67. The predicted octanol–water partition coefficient (Wildman–Crippen LogP) is 2.05. The van der Waals surface area contributed by atoms with Crippen molar-refractivity contribution in [3.63, 3.8) is 0 Å². The highest BCUT2D eigenvalue weighted by Crippen LogP contribution is 2.14. The van der Waals surface area contributed by atoms with E-state index in [4.69, 9.17) is 9.52 Å². The maximum Gasteiger partial charge on any atom is 0.169 e. The van der Waals surface area contributed by atoms with Crippen molar-refractivity contribution in [2.45, 2.75) is 0 Å². The number of furan rings is 1. The van der Waals surface area contributed by atoms with E-state index >= 15 is 0 Å². The van der Waals surface area contributed by atoms with Crippen LogP contribution in [0.1, 0.15) is 5.76 Å². The summed E-state index contributed by atoms with van der Waals surface area (Å²) in [6.45, 7) is 0.0400. The number of aliphatic hydroxyl groups is 1. The topological polar surface area (TPSA) is 33.4 Å². The summed E-state index contributed by atoms with van der Waals surface area (Å²) in [5.74, 6) is 0.737. The fourth-order valence-corrected chi connectivity index (χ4v) is 0.906. The van der Waals surface area contributed by atoms with Crippen LogP contribution in [0.4, 0.5) is 0 Å². The van der Waals surface area contributed by atoms with Crippen molar-refractivity contribution in [2.24, 2.45) is 0 Å². The smallest absolute Gasteiger partial charge is 0.169 e. The van der Waals surface area contributed by atoms with E-state index in [2.05, 4.69) is 15.9 Å². The van der Waals surface area contributed by atoms with Crippen LogP contribution >= 0.6 is 15.9 Å². The van der Waals surface area contributed by atoms with E-state index in [0.29, 0.717) is 4.67 Å². The van der Waals surface area contributed by atoms with E-state index in [9.17, 15) is 0 Å². The number of hydrogen-bond donors (Lipinski definition) is 1. The lowest BCUT2D eigenvalue weighted by atomic mass is 10.4. The van der Waals surface area contributed by atoms with Crippen molar-refractivity contribution >= 4 is 22.0 Å². The molecule has 10 heavy (non-hydrogen) atoms. The minimum Gasteiger partial charge on any atom is -0.450 e. The van der Waals surface area contributed by atoms with Crippen LogP contribution in [0.3, 0.4) is 0 Å². The van der Waals surface area contributed by atoms with Crippen LogP contribution in [-0.4, -0.2) is 11.7 Å². The molecule has 2 nitrogen and oxygen atoms in total. The number of aliphatic hydroxyl groups excluding tert-OH is 1. The van der Waals surface area contributed by atoms with Gasteiger partial charge in [-0.3, -0.25) is 0 Å². The first-order valence-corrected chi connectivity index (χ1v) is 3.65. The van der Waals surface area contributed by atoms with Crippen LogP contribution in [0.2, 0.25) is 0 Å². The van der Waals surface area contributed by atoms with Crippen molar-refractivity contribution in [3.05, 3.63) is 28.6 Å². The third kappa shape index (κ3) is 2.01. The Kier molecular flexibility index (Phi) is 2.71. The second-order valence-corrected chi connectivity index (χ2v) is 2.51. The quantitative estimate of drug-likeness (QED) is 0.797. The molecule has 1 heterocycles. The summed E-state index contributed by atoms with van der Waals surface area (Å²) >= 11 is 3.16. The lowest BCUT2D eigenvalue weighted by Gasteiger charge is -1.81. The van der Waals surface area contributed by atoms with Crippen molar-refractivity contribution in [2.75, 3.05) is 6.61 Å². The molecule has 3 heteroatoms. The van der Waals surface area contributed by atoms with Gasteiger partial charge in [0.25, 0.3) is 0 Å². The number of halogens is 1. The zero-order valence-electron chi connectivity index (χ0n) is 5.25. The molecule has 0 saturated carbocycles. The average molecular weight is 203 g/mol. The third-order valence-electron chi connectivity index (χ3n) is 0.982. The Bertz CT molecular complexity index is 227. The maximum atomic E-state index is 8.39. The maximum absolute atomic E-state index is 8.39. The van der Waals surface area contributed by atoms with Gasteiger partial charge >= 0.3 is 0 Å². The fraction of sp³-hybridized carbons (Fsp3) is 0.143. The normalized spacial score (nSPS) is 11.0. The summed E-state index contributed by atoms with van der Waals surface area (Å²) in [5.41, 5.74) is 0. The Morgan fingerprint density at radius 3 is 2.90 bits per heavy atom. The van der Waals surface area contributed by atoms with E-state index in [1.54, 1.807) is 18.2 Å². The molecule has 1 aromatic rings. The van der Waals surface area contributed by atoms with E-state index in [1.807, 2.05) is 6.07 Å². The van der Waals surface area contributed by atoms with Crippen LogP contribution in [0.15, 0.2) is 27.3 Å². The van der Waals surface area contributed by atoms with Gasteiger partial charge in [0, 0.05) is 0 Å². The highest BCUT2D eigenvalue weighted by atomic mass is 79.9.